The average Bonchev–Trinajstić information content (AvgIpc) is 2.59. The summed E-state index contributed by atoms with van der Waals surface area (Å²) in [5.74, 6) is 0. The summed E-state index contributed by atoms with van der Waals surface area (Å²) < 4.78 is 1.58. The molecule has 0 aliphatic rings. The highest BCUT2D eigenvalue weighted by Gasteiger charge is 2.03. The number of imidazole rings is 1. The maximum atomic E-state index is 11.5. The maximum Gasteiger partial charge on any atom is 0.330 e. The van der Waals surface area contributed by atoms with Gasteiger partial charge < -0.3 is 10.1 Å². The Labute approximate surface area is 86.8 Å². The van der Waals surface area contributed by atoms with Crippen LogP contribution in [0.1, 0.15) is 11.3 Å². The molecule has 1 aromatic heterocycles. The number of benzene rings is 1. The van der Waals surface area contributed by atoms with E-state index in [1.54, 1.807) is 22.9 Å². The molecule has 1 aromatic carbocycles. The van der Waals surface area contributed by atoms with Gasteiger partial charge >= 0.3 is 5.69 Å². The Morgan fingerprint density at radius 3 is 2.47 bits per heavy atom. The smallest absolute Gasteiger partial charge is 0.330 e. The van der Waals surface area contributed by atoms with Crippen molar-refractivity contribution in [1.82, 2.24) is 9.55 Å². The van der Waals surface area contributed by atoms with Crippen LogP contribution in [0.3, 0.4) is 0 Å². The second-order valence-electron chi connectivity index (χ2n) is 3.40. The van der Waals surface area contributed by atoms with Crippen molar-refractivity contribution in [3.05, 3.63) is 52.2 Å². The minimum Gasteiger partial charge on any atom is -0.392 e. The number of aromatic amines is 1. The Balaban J connectivity index is 2.50. The van der Waals surface area contributed by atoms with Gasteiger partial charge in [-0.25, -0.2) is 4.79 Å². The van der Waals surface area contributed by atoms with Gasteiger partial charge in [0, 0.05) is 11.9 Å². The lowest BCUT2D eigenvalue weighted by atomic mass is 10.2. The van der Waals surface area contributed by atoms with Crippen molar-refractivity contribution in [2.75, 3.05) is 0 Å². The van der Waals surface area contributed by atoms with Gasteiger partial charge in [-0.1, -0.05) is 12.1 Å². The second kappa shape index (κ2) is 3.74. The van der Waals surface area contributed by atoms with Crippen LogP contribution in [0.25, 0.3) is 5.69 Å². The van der Waals surface area contributed by atoms with Crippen molar-refractivity contribution in [2.24, 2.45) is 0 Å². The molecule has 2 N–H and O–H groups in total. The predicted molar refractivity (Wildman–Crippen MR) is 57.0 cm³/mol. The predicted octanol–water partition coefficient (Wildman–Crippen LogP) is 0.966. The molecule has 0 unspecified atom stereocenters. The third kappa shape index (κ3) is 1.71. The lowest BCUT2D eigenvalue weighted by Crippen LogP contribution is -2.15. The van der Waals surface area contributed by atoms with E-state index in [0.717, 1.165) is 16.9 Å². The molecule has 78 valence electrons. The van der Waals surface area contributed by atoms with Crippen molar-refractivity contribution in [3.8, 4) is 5.69 Å². The number of aromatic nitrogens is 2. The lowest BCUT2D eigenvalue weighted by molar-refractivity contribution is 0.282. The van der Waals surface area contributed by atoms with Crippen LogP contribution in [0.2, 0.25) is 0 Å². The summed E-state index contributed by atoms with van der Waals surface area (Å²) in [7, 11) is 0. The zero-order valence-electron chi connectivity index (χ0n) is 8.40. The summed E-state index contributed by atoms with van der Waals surface area (Å²) in [5.41, 5.74) is 2.34. The Kier molecular flexibility index (Phi) is 2.43. The third-order valence-corrected chi connectivity index (χ3v) is 2.34. The number of rotatable bonds is 2. The molecule has 2 rings (SSSR count). The van der Waals surface area contributed by atoms with Crippen molar-refractivity contribution in [2.45, 2.75) is 13.5 Å². The van der Waals surface area contributed by atoms with E-state index in [0.29, 0.717) is 0 Å². The van der Waals surface area contributed by atoms with E-state index in [1.165, 1.54) is 0 Å². The van der Waals surface area contributed by atoms with E-state index in [2.05, 4.69) is 4.98 Å². The lowest BCUT2D eigenvalue weighted by Gasteiger charge is -2.04. The summed E-state index contributed by atoms with van der Waals surface area (Å²) in [6.45, 7) is 1.87. The van der Waals surface area contributed by atoms with Gasteiger partial charge in [-0.3, -0.25) is 4.57 Å². The number of nitrogens with one attached hydrogen (secondary N) is 1. The monoisotopic (exact) mass is 204 g/mol. The average molecular weight is 204 g/mol. The number of aryl methyl sites for hydroxylation is 1. The summed E-state index contributed by atoms with van der Waals surface area (Å²) in [4.78, 5) is 14.1. The molecular formula is C11H12N2O2. The SMILES string of the molecule is Cc1c[nH]c(=O)n1-c1ccc(CO)cc1. The summed E-state index contributed by atoms with van der Waals surface area (Å²) in [6, 6.07) is 7.23. The first-order valence-electron chi connectivity index (χ1n) is 4.69. The largest absolute Gasteiger partial charge is 0.392 e. The Morgan fingerprint density at radius 2 is 2.00 bits per heavy atom. The first-order valence-corrected chi connectivity index (χ1v) is 4.69. The molecule has 0 radical (unpaired) electrons. The van der Waals surface area contributed by atoms with Crippen LogP contribution in [0.4, 0.5) is 0 Å². The van der Waals surface area contributed by atoms with Crippen molar-refractivity contribution in [1.29, 1.82) is 0 Å². The van der Waals surface area contributed by atoms with Gasteiger partial charge in [0.1, 0.15) is 0 Å². The first-order chi connectivity index (χ1) is 7.22. The molecule has 1 heterocycles. The van der Waals surface area contributed by atoms with E-state index in [9.17, 15) is 4.79 Å². The molecule has 0 aliphatic carbocycles. The summed E-state index contributed by atoms with van der Waals surface area (Å²) in [5, 5.41) is 8.89. The van der Waals surface area contributed by atoms with Crippen molar-refractivity contribution in [3.63, 3.8) is 0 Å². The Morgan fingerprint density at radius 1 is 1.33 bits per heavy atom. The van der Waals surface area contributed by atoms with Gasteiger partial charge in [0.2, 0.25) is 0 Å². The van der Waals surface area contributed by atoms with Crippen LogP contribution in [0, 0.1) is 6.92 Å². The maximum absolute atomic E-state index is 11.5. The molecule has 0 bridgehead atoms. The highest BCUT2D eigenvalue weighted by atomic mass is 16.3. The molecule has 2 aromatic rings. The van der Waals surface area contributed by atoms with Crippen LogP contribution < -0.4 is 5.69 Å². The molecule has 0 saturated heterocycles. The van der Waals surface area contributed by atoms with Gasteiger partial charge in [0.05, 0.1) is 12.3 Å². The molecule has 0 fully saturated rings. The zero-order valence-corrected chi connectivity index (χ0v) is 8.40. The van der Waals surface area contributed by atoms with Crippen LogP contribution >= 0.6 is 0 Å². The fourth-order valence-electron chi connectivity index (χ4n) is 1.53. The van der Waals surface area contributed by atoms with E-state index in [4.69, 9.17) is 5.11 Å². The van der Waals surface area contributed by atoms with Crippen LogP contribution in [0.15, 0.2) is 35.3 Å². The van der Waals surface area contributed by atoms with E-state index in [1.807, 2.05) is 19.1 Å². The summed E-state index contributed by atoms with van der Waals surface area (Å²) >= 11 is 0. The van der Waals surface area contributed by atoms with Crippen molar-refractivity contribution >= 4 is 0 Å². The highest BCUT2D eigenvalue weighted by Crippen LogP contribution is 2.09. The van der Waals surface area contributed by atoms with Gasteiger partial charge in [-0.2, -0.15) is 0 Å². The molecule has 4 heteroatoms. The highest BCUT2D eigenvalue weighted by molar-refractivity contribution is 5.35. The van der Waals surface area contributed by atoms with Crippen LogP contribution in [-0.4, -0.2) is 14.7 Å². The number of hydrogen-bond acceptors (Lipinski definition) is 2. The van der Waals surface area contributed by atoms with Crippen LogP contribution in [-0.2, 0) is 6.61 Å². The molecule has 0 aliphatic heterocycles. The van der Waals surface area contributed by atoms with Crippen LogP contribution in [0.5, 0.6) is 0 Å². The standard InChI is InChI=1S/C11H12N2O2/c1-8-6-12-11(15)13(8)10-4-2-9(7-14)3-5-10/h2-6,14H,7H2,1H3,(H,12,15). The Bertz CT molecular complexity index is 508. The quantitative estimate of drug-likeness (QED) is 0.765. The van der Waals surface area contributed by atoms with E-state index >= 15 is 0 Å². The van der Waals surface area contributed by atoms with Gasteiger partial charge in [-0.15, -0.1) is 0 Å². The Hall–Kier alpha value is -1.81. The molecule has 4 nitrogen and oxygen atoms in total. The normalized spacial score (nSPS) is 10.5. The molecule has 0 saturated carbocycles. The molecule has 0 spiro atoms. The fraction of sp³-hybridized carbons (Fsp3) is 0.182. The second-order valence-corrected chi connectivity index (χ2v) is 3.40. The minimum absolute atomic E-state index is 0.0152. The van der Waals surface area contributed by atoms with Gasteiger partial charge in [-0.05, 0) is 24.6 Å². The summed E-state index contributed by atoms with van der Waals surface area (Å²) in [6.07, 6.45) is 1.67. The number of hydrogen-bond donors (Lipinski definition) is 2. The minimum atomic E-state index is -0.149. The van der Waals surface area contributed by atoms with Gasteiger partial charge in [0.25, 0.3) is 0 Å². The van der Waals surface area contributed by atoms with Gasteiger partial charge in [0.15, 0.2) is 0 Å². The first kappa shape index (κ1) is 9.73. The molecule has 0 amide bonds. The van der Waals surface area contributed by atoms with E-state index < -0.39 is 0 Å². The fourth-order valence-corrected chi connectivity index (χ4v) is 1.53. The number of aliphatic hydroxyl groups excluding tert-OH is 1. The molecule has 0 atom stereocenters. The number of nitrogens with zero attached hydrogens (tertiary/aromatic N) is 1. The van der Waals surface area contributed by atoms with E-state index in [-0.39, 0.29) is 12.3 Å². The number of H-pyrrole nitrogens is 1. The van der Waals surface area contributed by atoms with Crippen molar-refractivity contribution < 1.29 is 5.11 Å². The molecular weight excluding hydrogens is 192 g/mol. The number of aliphatic hydroxyl groups is 1. The zero-order chi connectivity index (χ0) is 10.8. The third-order valence-electron chi connectivity index (χ3n) is 2.34. The topological polar surface area (TPSA) is 58.0 Å². The molecule has 15 heavy (non-hydrogen) atoms.